The first-order chi connectivity index (χ1) is 8.90. The molecule has 0 radical (unpaired) electrons. The van der Waals surface area contributed by atoms with Crippen LogP contribution in [0.25, 0.3) is 0 Å². The van der Waals surface area contributed by atoms with Gasteiger partial charge in [-0.25, -0.2) is 0 Å². The largest absolute Gasteiger partial charge is 0.321 e. The molecule has 0 aromatic heterocycles. The van der Waals surface area contributed by atoms with Gasteiger partial charge in [-0.3, -0.25) is 0 Å². The monoisotopic (exact) mass is 273 g/mol. The van der Waals surface area contributed by atoms with E-state index in [0.29, 0.717) is 0 Å². The highest BCUT2D eigenvalue weighted by molar-refractivity contribution is 6.31. The van der Waals surface area contributed by atoms with Crippen LogP contribution in [0, 0.1) is 13.8 Å². The number of halogens is 1. The third-order valence-electron chi connectivity index (χ3n) is 3.63. The zero-order valence-corrected chi connectivity index (χ0v) is 12.5. The number of benzene rings is 2. The van der Waals surface area contributed by atoms with Crippen molar-refractivity contribution in [2.75, 3.05) is 0 Å². The van der Waals surface area contributed by atoms with Gasteiger partial charge in [0.1, 0.15) is 0 Å². The Morgan fingerprint density at radius 2 is 1.74 bits per heavy atom. The summed E-state index contributed by atoms with van der Waals surface area (Å²) in [5.74, 6) is 0. The zero-order chi connectivity index (χ0) is 14.0. The van der Waals surface area contributed by atoms with Crippen LogP contribution in [-0.2, 0) is 12.0 Å². The number of hydrogen-bond acceptors (Lipinski definition) is 1. The number of rotatable bonds is 3. The van der Waals surface area contributed by atoms with Crippen LogP contribution in [-0.4, -0.2) is 0 Å². The second-order valence-electron chi connectivity index (χ2n) is 5.49. The van der Waals surface area contributed by atoms with Crippen LogP contribution < -0.4 is 5.73 Å². The fraction of sp³-hybridized carbons (Fsp3) is 0.294. The Labute approximate surface area is 120 Å². The van der Waals surface area contributed by atoms with Gasteiger partial charge in [0, 0.05) is 10.6 Å². The van der Waals surface area contributed by atoms with Crippen LogP contribution in [0.1, 0.15) is 29.2 Å². The Morgan fingerprint density at radius 3 is 2.37 bits per heavy atom. The standard InChI is InChI=1S/C17H20ClN/c1-12-8-9-14(10-13(12)2)11-17(3,19)15-6-4-5-7-16(15)18/h4-10H,11,19H2,1-3H3. The van der Waals surface area contributed by atoms with Gasteiger partial charge in [-0.05, 0) is 55.5 Å². The predicted octanol–water partition coefficient (Wildman–Crippen LogP) is 4.37. The Bertz CT molecular complexity index is 588. The van der Waals surface area contributed by atoms with E-state index in [1.54, 1.807) is 0 Å². The van der Waals surface area contributed by atoms with E-state index >= 15 is 0 Å². The first-order valence-corrected chi connectivity index (χ1v) is 6.88. The molecule has 0 saturated carbocycles. The molecule has 2 aromatic carbocycles. The van der Waals surface area contributed by atoms with Gasteiger partial charge < -0.3 is 5.73 Å². The van der Waals surface area contributed by atoms with Gasteiger partial charge in [-0.1, -0.05) is 48.0 Å². The van der Waals surface area contributed by atoms with Gasteiger partial charge in [0.15, 0.2) is 0 Å². The highest BCUT2D eigenvalue weighted by atomic mass is 35.5. The lowest BCUT2D eigenvalue weighted by Crippen LogP contribution is -2.35. The first kappa shape index (κ1) is 14.1. The second-order valence-corrected chi connectivity index (χ2v) is 5.90. The molecular weight excluding hydrogens is 254 g/mol. The summed E-state index contributed by atoms with van der Waals surface area (Å²) in [6.45, 7) is 6.28. The number of hydrogen-bond donors (Lipinski definition) is 1. The van der Waals surface area contributed by atoms with Crippen molar-refractivity contribution in [2.24, 2.45) is 5.73 Å². The van der Waals surface area contributed by atoms with Crippen molar-refractivity contribution in [1.82, 2.24) is 0 Å². The lowest BCUT2D eigenvalue weighted by atomic mass is 9.86. The van der Waals surface area contributed by atoms with Crippen LogP contribution in [0.3, 0.4) is 0 Å². The summed E-state index contributed by atoms with van der Waals surface area (Å²) in [6, 6.07) is 14.3. The molecule has 1 unspecified atom stereocenters. The topological polar surface area (TPSA) is 26.0 Å². The lowest BCUT2D eigenvalue weighted by molar-refractivity contribution is 0.491. The highest BCUT2D eigenvalue weighted by Crippen LogP contribution is 2.29. The maximum absolute atomic E-state index is 6.47. The molecule has 0 saturated heterocycles. The van der Waals surface area contributed by atoms with Gasteiger partial charge >= 0.3 is 0 Å². The molecular formula is C17H20ClN. The first-order valence-electron chi connectivity index (χ1n) is 6.50. The van der Waals surface area contributed by atoms with Crippen molar-refractivity contribution in [1.29, 1.82) is 0 Å². The second kappa shape index (κ2) is 5.36. The van der Waals surface area contributed by atoms with Gasteiger partial charge in [-0.2, -0.15) is 0 Å². The molecule has 2 aromatic rings. The molecule has 0 amide bonds. The summed E-state index contributed by atoms with van der Waals surface area (Å²) in [6.07, 6.45) is 0.776. The van der Waals surface area contributed by atoms with Crippen molar-refractivity contribution in [2.45, 2.75) is 32.7 Å². The van der Waals surface area contributed by atoms with Crippen molar-refractivity contribution in [3.63, 3.8) is 0 Å². The van der Waals surface area contributed by atoms with E-state index < -0.39 is 5.54 Å². The minimum absolute atomic E-state index is 0.458. The SMILES string of the molecule is Cc1ccc(CC(C)(N)c2ccccc2Cl)cc1C. The summed E-state index contributed by atoms with van der Waals surface area (Å²) < 4.78 is 0. The van der Waals surface area contributed by atoms with Gasteiger partial charge in [0.2, 0.25) is 0 Å². The van der Waals surface area contributed by atoms with Gasteiger partial charge in [0.25, 0.3) is 0 Å². The molecule has 19 heavy (non-hydrogen) atoms. The molecule has 2 N–H and O–H groups in total. The van der Waals surface area contributed by atoms with E-state index in [-0.39, 0.29) is 0 Å². The number of aryl methyl sites for hydroxylation is 2. The molecule has 1 atom stereocenters. The molecule has 0 bridgehead atoms. The summed E-state index contributed by atoms with van der Waals surface area (Å²) in [5.41, 5.74) is 10.9. The Balaban J connectivity index is 2.31. The summed E-state index contributed by atoms with van der Waals surface area (Å²) >= 11 is 6.25. The third-order valence-corrected chi connectivity index (χ3v) is 3.96. The molecule has 0 fully saturated rings. The average Bonchev–Trinajstić information content (AvgIpc) is 2.34. The van der Waals surface area contributed by atoms with Crippen molar-refractivity contribution in [3.8, 4) is 0 Å². The van der Waals surface area contributed by atoms with E-state index in [1.807, 2.05) is 31.2 Å². The Hall–Kier alpha value is -1.31. The summed E-state index contributed by atoms with van der Waals surface area (Å²) in [4.78, 5) is 0. The van der Waals surface area contributed by atoms with E-state index in [0.717, 1.165) is 17.0 Å². The van der Waals surface area contributed by atoms with Crippen LogP contribution in [0.4, 0.5) is 0 Å². The van der Waals surface area contributed by atoms with E-state index in [9.17, 15) is 0 Å². The smallest absolute Gasteiger partial charge is 0.0456 e. The van der Waals surface area contributed by atoms with Crippen molar-refractivity contribution in [3.05, 3.63) is 69.7 Å². The number of nitrogens with two attached hydrogens (primary N) is 1. The van der Waals surface area contributed by atoms with E-state index in [2.05, 4.69) is 32.0 Å². The Morgan fingerprint density at radius 1 is 1.05 bits per heavy atom. The minimum atomic E-state index is -0.458. The molecule has 1 nitrogen and oxygen atoms in total. The summed E-state index contributed by atoms with van der Waals surface area (Å²) in [5, 5.41) is 0.733. The van der Waals surface area contributed by atoms with Crippen LogP contribution in [0.2, 0.25) is 5.02 Å². The normalized spacial score (nSPS) is 14.2. The van der Waals surface area contributed by atoms with Crippen LogP contribution >= 0.6 is 11.6 Å². The van der Waals surface area contributed by atoms with Crippen molar-refractivity contribution >= 4 is 11.6 Å². The molecule has 0 aliphatic rings. The predicted molar refractivity (Wildman–Crippen MR) is 82.6 cm³/mol. The van der Waals surface area contributed by atoms with Gasteiger partial charge in [-0.15, -0.1) is 0 Å². The quantitative estimate of drug-likeness (QED) is 0.883. The average molecular weight is 274 g/mol. The molecule has 0 heterocycles. The Kier molecular flexibility index (Phi) is 3.98. The molecule has 2 heteroatoms. The third kappa shape index (κ3) is 3.17. The molecule has 2 rings (SSSR count). The fourth-order valence-electron chi connectivity index (χ4n) is 2.36. The maximum atomic E-state index is 6.47. The highest BCUT2D eigenvalue weighted by Gasteiger charge is 2.24. The van der Waals surface area contributed by atoms with Gasteiger partial charge in [0.05, 0.1) is 0 Å². The lowest BCUT2D eigenvalue weighted by Gasteiger charge is -2.26. The van der Waals surface area contributed by atoms with Crippen LogP contribution in [0.15, 0.2) is 42.5 Å². The van der Waals surface area contributed by atoms with Crippen molar-refractivity contribution < 1.29 is 0 Å². The van der Waals surface area contributed by atoms with Crippen LogP contribution in [0.5, 0.6) is 0 Å². The summed E-state index contributed by atoms with van der Waals surface area (Å²) in [7, 11) is 0. The minimum Gasteiger partial charge on any atom is -0.321 e. The molecule has 0 aliphatic heterocycles. The molecule has 0 aliphatic carbocycles. The molecule has 0 spiro atoms. The van der Waals surface area contributed by atoms with E-state index in [1.165, 1.54) is 16.7 Å². The zero-order valence-electron chi connectivity index (χ0n) is 11.7. The van der Waals surface area contributed by atoms with E-state index in [4.69, 9.17) is 17.3 Å². The fourth-order valence-corrected chi connectivity index (χ4v) is 2.71. The molecule has 100 valence electrons. The maximum Gasteiger partial charge on any atom is 0.0456 e.